The SMILES string of the molecule is O=C(O)CC[CH]Cc1cncc2c1c1ccccc1n2Cc1ccccc1. The normalized spacial score (nSPS) is 11.3. The van der Waals surface area contributed by atoms with E-state index in [1.807, 2.05) is 24.9 Å². The fraction of sp³-hybridized carbons (Fsp3) is 0.174. The molecule has 0 unspecified atom stereocenters. The molecule has 4 aromatic rings. The van der Waals surface area contributed by atoms with Gasteiger partial charge in [0.2, 0.25) is 0 Å². The molecule has 2 heterocycles. The van der Waals surface area contributed by atoms with Crippen LogP contribution in [0, 0.1) is 6.42 Å². The van der Waals surface area contributed by atoms with Crippen LogP contribution in [0.3, 0.4) is 0 Å². The van der Waals surface area contributed by atoms with E-state index in [-0.39, 0.29) is 6.42 Å². The highest BCUT2D eigenvalue weighted by Crippen LogP contribution is 2.32. The zero-order chi connectivity index (χ0) is 18.6. The molecule has 1 N–H and O–H groups in total. The number of carbonyl (C=O) groups is 1. The molecule has 2 aromatic heterocycles. The van der Waals surface area contributed by atoms with Crippen LogP contribution >= 0.6 is 0 Å². The number of aromatic nitrogens is 2. The van der Waals surface area contributed by atoms with E-state index in [0.29, 0.717) is 6.42 Å². The summed E-state index contributed by atoms with van der Waals surface area (Å²) < 4.78 is 2.31. The van der Waals surface area contributed by atoms with E-state index in [2.05, 4.69) is 58.1 Å². The van der Waals surface area contributed by atoms with Crippen LogP contribution in [0.2, 0.25) is 0 Å². The zero-order valence-corrected chi connectivity index (χ0v) is 15.0. The molecule has 0 fully saturated rings. The number of aliphatic carboxylic acids is 1. The van der Waals surface area contributed by atoms with Crippen molar-refractivity contribution >= 4 is 27.8 Å². The van der Waals surface area contributed by atoms with Gasteiger partial charge in [-0.05, 0) is 36.5 Å². The molecule has 0 atom stereocenters. The number of carboxylic acids is 1. The van der Waals surface area contributed by atoms with Crippen molar-refractivity contribution in [2.24, 2.45) is 0 Å². The van der Waals surface area contributed by atoms with Gasteiger partial charge >= 0.3 is 5.97 Å². The van der Waals surface area contributed by atoms with Crippen molar-refractivity contribution in [3.8, 4) is 0 Å². The van der Waals surface area contributed by atoms with Crippen LogP contribution in [0.15, 0.2) is 67.0 Å². The Morgan fingerprint density at radius 1 is 1.00 bits per heavy atom. The molecule has 27 heavy (non-hydrogen) atoms. The monoisotopic (exact) mass is 357 g/mol. The van der Waals surface area contributed by atoms with Crippen molar-refractivity contribution in [1.82, 2.24) is 9.55 Å². The fourth-order valence-corrected chi connectivity index (χ4v) is 3.63. The number of unbranched alkanes of at least 4 members (excludes halogenated alkanes) is 1. The van der Waals surface area contributed by atoms with Gasteiger partial charge in [-0.25, -0.2) is 0 Å². The van der Waals surface area contributed by atoms with Crippen molar-refractivity contribution in [2.45, 2.75) is 25.8 Å². The van der Waals surface area contributed by atoms with E-state index in [1.165, 1.54) is 21.9 Å². The molecule has 0 bridgehead atoms. The third-order valence-corrected chi connectivity index (χ3v) is 4.87. The number of carboxylic acid groups (broad SMARTS) is 1. The van der Waals surface area contributed by atoms with Crippen LogP contribution in [0.25, 0.3) is 21.8 Å². The van der Waals surface area contributed by atoms with Crippen molar-refractivity contribution < 1.29 is 9.90 Å². The second kappa shape index (κ2) is 7.62. The first-order valence-electron chi connectivity index (χ1n) is 9.15. The van der Waals surface area contributed by atoms with Gasteiger partial charge in [-0.1, -0.05) is 48.5 Å². The largest absolute Gasteiger partial charge is 0.481 e. The minimum Gasteiger partial charge on any atom is -0.481 e. The molecule has 4 nitrogen and oxygen atoms in total. The number of fused-ring (bicyclic) bond motifs is 3. The predicted molar refractivity (Wildman–Crippen MR) is 108 cm³/mol. The minimum atomic E-state index is -0.762. The molecule has 0 aliphatic carbocycles. The summed E-state index contributed by atoms with van der Waals surface area (Å²) >= 11 is 0. The van der Waals surface area contributed by atoms with E-state index >= 15 is 0 Å². The molecule has 4 rings (SSSR count). The Bertz CT molecular complexity index is 1080. The third-order valence-electron chi connectivity index (χ3n) is 4.87. The molecular weight excluding hydrogens is 336 g/mol. The summed E-state index contributed by atoms with van der Waals surface area (Å²) in [5.74, 6) is -0.762. The topological polar surface area (TPSA) is 55.1 Å². The summed E-state index contributed by atoms with van der Waals surface area (Å²) in [6.07, 6.45) is 7.32. The average Bonchev–Trinajstić information content (AvgIpc) is 3.01. The summed E-state index contributed by atoms with van der Waals surface area (Å²) in [6.45, 7) is 0.790. The number of hydrogen-bond donors (Lipinski definition) is 1. The smallest absolute Gasteiger partial charge is 0.303 e. The molecule has 0 aliphatic heterocycles. The van der Waals surface area contributed by atoms with Gasteiger partial charge in [0.15, 0.2) is 0 Å². The van der Waals surface area contributed by atoms with Gasteiger partial charge in [0.25, 0.3) is 0 Å². The minimum absolute atomic E-state index is 0.166. The number of benzene rings is 2. The molecule has 0 spiro atoms. The molecular formula is C23H21N2O2. The molecule has 0 saturated carbocycles. The van der Waals surface area contributed by atoms with Crippen LogP contribution in [0.4, 0.5) is 0 Å². The van der Waals surface area contributed by atoms with Crippen LogP contribution in [-0.4, -0.2) is 20.6 Å². The molecule has 0 saturated heterocycles. The highest BCUT2D eigenvalue weighted by atomic mass is 16.4. The number of hydrogen-bond acceptors (Lipinski definition) is 2. The van der Waals surface area contributed by atoms with Crippen LogP contribution in [0.5, 0.6) is 0 Å². The molecule has 0 amide bonds. The maximum atomic E-state index is 10.7. The van der Waals surface area contributed by atoms with E-state index in [9.17, 15) is 4.79 Å². The Balaban J connectivity index is 1.77. The number of pyridine rings is 1. The predicted octanol–water partition coefficient (Wildman–Crippen LogP) is 4.85. The maximum Gasteiger partial charge on any atom is 0.303 e. The van der Waals surface area contributed by atoms with E-state index in [1.54, 1.807) is 0 Å². The Hall–Kier alpha value is -3.14. The molecule has 2 aromatic carbocycles. The quantitative estimate of drug-likeness (QED) is 0.481. The lowest BCUT2D eigenvalue weighted by atomic mass is 10.0. The number of para-hydroxylation sites is 1. The number of rotatable bonds is 7. The maximum absolute atomic E-state index is 10.7. The Morgan fingerprint density at radius 3 is 2.59 bits per heavy atom. The summed E-state index contributed by atoms with van der Waals surface area (Å²) in [6, 6.07) is 18.9. The highest BCUT2D eigenvalue weighted by Gasteiger charge is 2.14. The first-order chi connectivity index (χ1) is 13.2. The molecule has 4 heteroatoms. The van der Waals surface area contributed by atoms with Gasteiger partial charge in [-0.3, -0.25) is 9.78 Å². The summed E-state index contributed by atoms with van der Waals surface area (Å²) in [7, 11) is 0. The van der Waals surface area contributed by atoms with Crippen molar-refractivity contribution in [3.05, 3.63) is 84.5 Å². The lowest BCUT2D eigenvalue weighted by molar-refractivity contribution is -0.136. The average molecular weight is 357 g/mol. The summed E-state index contributed by atoms with van der Waals surface area (Å²) in [5.41, 5.74) is 4.69. The van der Waals surface area contributed by atoms with Crippen LogP contribution < -0.4 is 0 Å². The lowest BCUT2D eigenvalue weighted by Crippen LogP contribution is -2.00. The molecule has 0 aliphatic rings. The second-order valence-electron chi connectivity index (χ2n) is 6.71. The number of nitrogens with zero attached hydrogens (tertiary/aromatic N) is 2. The third kappa shape index (κ3) is 3.56. The van der Waals surface area contributed by atoms with Crippen molar-refractivity contribution in [1.29, 1.82) is 0 Å². The Morgan fingerprint density at radius 2 is 1.78 bits per heavy atom. The highest BCUT2D eigenvalue weighted by molar-refractivity contribution is 6.09. The summed E-state index contributed by atoms with van der Waals surface area (Å²) in [4.78, 5) is 15.2. The van der Waals surface area contributed by atoms with Gasteiger partial charge < -0.3 is 9.67 Å². The standard InChI is InChI=1S/C23H21N2O2/c26-22(27)13-7-4-10-18-14-24-15-21-23(18)19-11-5-6-12-20(19)25(21)16-17-8-2-1-3-9-17/h1-6,8-9,11-12,14-15H,7,10,13,16H2,(H,26,27). The van der Waals surface area contributed by atoms with Gasteiger partial charge in [0.1, 0.15) is 0 Å². The fourth-order valence-electron chi connectivity index (χ4n) is 3.63. The van der Waals surface area contributed by atoms with Gasteiger partial charge in [-0.15, -0.1) is 0 Å². The first-order valence-corrected chi connectivity index (χ1v) is 9.15. The molecule has 1 radical (unpaired) electrons. The van der Waals surface area contributed by atoms with Gasteiger partial charge in [-0.2, -0.15) is 0 Å². The van der Waals surface area contributed by atoms with Crippen LogP contribution in [-0.2, 0) is 17.8 Å². The van der Waals surface area contributed by atoms with Crippen molar-refractivity contribution in [2.75, 3.05) is 0 Å². The zero-order valence-electron chi connectivity index (χ0n) is 15.0. The first kappa shape index (κ1) is 17.3. The summed E-state index contributed by atoms with van der Waals surface area (Å²) in [5, 5.41) is 11.3. The van der Waals surface area contributed by atoms with E-state index in [0.717, 1.165) is 24.0 Å². The lowest BCUT2D eigenvalue weighted by Gasteiger charge is -2.08. The van der Waals surface area contributed by atoms with Crippen LogP contribution in [0.1, 0.15) is 24.0 Å². The molecule has 135 valence electrons. The van der Waals surface area contributed by atoms with E-state index in [4.69, 9.17) is 5.11 Å². The Kier molecular flexibility index (Phi) is 4.88. The van der Waals surface area contributed by atoms with E-state index < -0.39 is 5.97 Å². The Labute approximate surface area is 158 Å². The van der Waals surface area contributed by atoms with Gasteiger partial charge in [0, 0.05) is 35.5 Å². The van der Waals surface area contributed by atoms with Gasteiger partial charge in [0.05, 0.1) is 11.7 Å². The second-order valence-corrected chi connectivity index (χ2v) is 6.71. The van der Waals surface area contributed by atoms with Crippen molar-refractivity contribution in [3.63, 3.8) is 0 Å².